The van der Waals surface area contributed by atoms with Crippen LogP contribution in [0.25, 0.3) is 0 Å². The summed E-state index contributed by atoms with van der Waals surface area (Å²) in [6.45, 7) is 2.12. The fraction of sp³-hybridized carbons (Fsp3) is 0.333. The summed E-state index contributed by atoms with van der Waals surface area (Å²) in [6, 6.07) is 38.2. The summed E-state index contributed by atoms with van der Waals surface area (Å²) in [5, 5.41) is 0. The number of esters is 2. The summed E-state index contributed by atoms with van der Waals surface area (Å²) < 4.78 is 19.7. The van der Waals surface area contributed by atoms with Crippen LogP contribution in [0.15, 0.2) is 115 Å². The maximum atomic E-state index is 13.1. The van der Waals surface area contributed by atoms with Crippen LogP contribution in [0, 0.1) is 3.57 Å². The van der Waals surface area contributed by atoms with E-state index < -0.39 is 11.7 Å². The van der Waals surface area contributed by atoms with E-state index in [1.54, 1.807) is 0 Å². The molecule has 0 radical (unpaired) electrons. The lowest BCUT2D eigenvalue weighted by molar-refractivity contribution is -0.165. The van der Waals surface area contributed by atoms with Gasteiger partial charge in [0.15, 0.2) is 6.10 Å². The molecule has 236 valence electrons. The third kappa shape index (κ3) is 10.5. The standard InChI is InChI=1S/C39H43IO5/c1-2-3-4-5-15-25-37(41)43-29-36(45-38(42)27-26-31-17-16-24-35(40)28-31)30-44-39(32-18-9-6-10-19-32,33-20-11-7-12-21-33)34-22-13-8-14-23-34/h6-14,16-24,28,36H,2-5,15,25-27,29-30H2,1H3. The predicted molar refractivity (Wildman–Crippen MR) is 187 cm³/mol. The van der Waals surface area contributed by atoms with Crippen LogP contribution in [0.4, 0.5) is 0 Å². The van der Waals surface area contributed by atoms with Gasteiger partial charge in [-0.05, 0) is 69.8 Å². The molecule has 0 aliphatic carbocycles. The minimum atomic E-state index is -0.988. The Kier molecular flexibility index (Phi) is 14.1. The van der Waals surface area contributed by atoms with E-state index >= 15 is 0 Å². The molecule has 0 aromatic heterocycles. The molecule has 0 saturated heterocycles. The van der Waals surface area contributed by atoms with E-state index in [1.807, 2.05) is 109 Å². The van der Waals surface area contributed by atoms with Gasteiger partial charge in [0, 0.05) is 16.4 Å². The molecular formula is C39H43IO5. The average Bonchev–Trinajstić information content (AvgIpc) is 3.08. The lowest BCUT2D eigenvalue weighted by Crippen LogP contribution is -2.38. The minimum absolute atomic E-state index is 0.0252. The highest BCUT2D eigenvalue weighted by Crippen LogP contribution is 2.40. The third-order valence-electron chi connectivity index (χ3n) is 7.75. The van der Waals surface area contributed by atoms with Crippen LogP contribution < -0.4 is 0 Å². The van der Waals surface area contributed by atoms with E-state index in [2.05, 4.69) is 35.6 Å². The van der Waals surface area contributed by atoms with Gasteiger partial charge in [-0.15, -0.1) is 0 Å². The van der Waals surface area contributed by atoms with Gasteiger partial charge in [-0.2, -0.15) is 0 Å². The van der Waals surface area contributed by atoms with Crippen molar-refractivity contribution in [2.75, 3.05) is 13.2 Å². The van der Waals surface area contributed by atoms with Crippen LogP contribution in [0.5, 0.6) is 0 Å². The van der Waals surface area contributed by atoms with E-state index in [9.17, 15) is 9.59 Å². The monoisotopic (exact) mass is 718 g/mol. The molecule has 45 heavy (non-hydrogen) atoms. The van der Waals surface area contributed by atoms with Gasteiger partial charge in [-0.25, -0.2) is 0 Å². The fourth-order valence-corrected chi connectivity index (χ4v) is 6.02. The topological polar surface area (TPSA) is 61.8 Å². The molecule has 5 nitrogen and oxygen atoms in total. The Bertz CT molecular complexity index is 1350. The lowest BCUT2D eigenvalue weighted by atomic mass is 9.80. The largest absolute Gasteiger partial charge is 0.462 e. The zero-order valence-electron chi connectivity index (χ0n) is 26.0. The number of halogens is 1. The van der Waals surface area contributed by atoms with E-state index in [1.165, 1.54) is 6.42 Å². The number of aryl methyl sites for hydroxylation is 1. The van der Waals surface area contributed by atoms with Gasteiger partial charge < -0.3 is 14.2 Å². The van der Waals surface area contributed by atoms with E-state index in [-0.39, 0.29) is 31.6 Å². The number of unbranched alkanes of at least 4 members (excludes halogenated alkanes) is 4. The zero-order chi connectivity index (χ0) is 31.7. The van der Waals surface area contributed by atoms with Crippen molar-refractivity contribution in [1.82, 2.24) is 0 Å². The normalized spacial score (nSPS) is 12.0. The van der Waals surface area contributed by atoms with Crippen molar-refractivity contribution in [3.8, 4) is 0 Å². The van der Waals surface area contributed by atoms with Crippen LogP contribution in [0.1, 0.15) is 74.1 Å². The first-order valence-corrected chi connectivity index (χ1v) is 17.0. The van der Waals surface area contributed by atoms with E-state index in [4.69, 9.17) is 14.2 Å². The number of ether oxygens (including phenoxy) is 3. The highest BCUT2D eigenvalue weighted by atomic mass is 127. The molecule has 4 aromatic rings. The van der Waals surface area contributed by atoms with Crippen molar-refractivity contribution in [2.45, 2.75) is 70.0 Å². The maximum absolute atomic E-state index is 13.1. The summed E-state index contributed by atoms with van der Waals surface area (Å²) in [5.41, 5.74) is 2.90. The number of carbonyl (C=O) groups excluding carboxylic acids is 2. The van der Waals surface area contributed by atoms with E-state index in [0.717, 1.165) is 51.5 Å². The second kappa shape index (κ2) is 18.5. The molecule has 0 fully saturated rings. The average molecular weight is 719 g/mol. The number of hydrogen-bond donors (Lipinski definition) is 0. The Hall–Kier alpha value is -3.49. The van der Waals surface area contributed by atoms with Gasteiger partial charge >= 0.3 is 11.9 Å². The molecule has 0 aliphatic rings. The number of carbonyl (C=O) groups is 2. The zero-order valence-corrected chi connectivity index (χ0v) is 28.2. The molecule has 0 N–H and O–H groups in total. The first-order chi connectivity index (χ1) is 22.0. The lowest BCUT2D eigenvalue weighted by Gasteiger charge is -2.37. The van der Waals surface area contributed by atoms with Gasteiger partial charge in [0.25, 0.3) is 0 Å². The van der Waals surface area contributed by atoms with Crippen LogP contribution in [0.2, 0.25) is 0 Å². The summed E-state index contributed by atoms with van der Waals surface area (Å²) in [5.74, 6) is -0.644. The Balaban J connectivity index is 1.55. The Morgan fingerprint density at radius 2 is 1.24 bits per heavy atom. The Morgan fingerprint density at radius 1 is 0.667 bits per heavy atom. The predicted octanol–water partition coefficient (Wildman–Crippen LogP) is 9.05. The minimum Gasteiger partial charge on any atom is -0.462 e. The summed E-state index contributed by atoms with van der Waals surface area (Å²) in [4.78, 5) is 25.8. The van der Waals surface area contributed by atoms with Crippen molar-refractivity contribution < 1.29 is 23.8 Å². The Morgan fingerprint density at radius 3 is 1.80 bits per heavy atom. The number of rotatable bonds is 18. The fourth-order valence-electron chi connectivity index (χ4n) is 5.42. The second-order valence-electron chi connectivity index (χ2n) is 11.2. The van der Waals surface area contributed by atoms with Gasteiger partial charge in [0.05, 0.1) is 6.61 Å². The summed E-state index contributed by atoms with van der Waals surface area (Å²) in [7, 11) is 0. The highest BCUT2D eigenvalue weighted by molar-refractivity contribution is 14.1. The van der Waals surface area contributed by atoms with Gasteiger partial charge in [0.2, 0.25) is 0 Å². The molecule has 1 atom stereocenters. The molecule has 0 amide bonds. The molecule has 4 aromatic carbocycles. The first-order valence-electron chi connectivity index (χ1n) is 15.9. The van der Waals surface area contributed by atoms with Crippen LogP contribution >= 0.6 is 22.6 Å². The SMILES string of the molecule is CCCCCCCC(=O)OCC(COC(c1ccccc1)(c1ccccc1)c1ccccc1)OC(=O)CCc1cccc(I)c1. The second-order valence-corrected chi connectivity index (χ2v) is 12.4. The molecule has 0 aliphatic heterocycles. The highest BCUT2D eigenvalue weighted by Gasteiger charge is 2.38. The van der Waals surface area contributed by atoms with Gasteiger partial charge in [0.1, 0.15) is 12.2 Å². The third-order valence-corrected chi connectivity index (χ3v) is 8.42. The van der Waals surface area contributed by atoms with Gasteiger partial charge in [-0.1, -0.05) is 136 Å². The number of benzene rings is 4. The summed E-state index contributed by atoms with van der Waals surface area (Å²) >= 11 is 2.27. The van der Waals surface area contributed by atoms with E-state index in [0.29, 0.717) is 12.8 Å². The molecule has 4 rings (SSSR count). The quantitative estimate of drug-likeness (QED) is 0.0445. The number of hydrogen-bond acceptors (Lipinski definition) is 5. The van der Waals surface area contributed by atoms with Crippen LogP contribution in [-0.2, 0) is 35.8 Å². The van der Waals surface area contributed by atoms with Crippen molar-refractivity contribution in [3.63, 3.8) is 0 Å². The van der Waals surface area contributed by atoms with Crippen molar-refractivity contribution in [3.05, 3.63) is 141 Å². The van der Waals surface area contributed by atoms with Crippen molar-refractivity contribution in [2.24, 2.45) is 0 Å². The first kappa shape index (κ1) is 34.4. The Labute approximate surface area is 281 Å². The maximum Gasteiger partial charge on any atom is 0.306 e. The molecule has 0 saturated carbocycles. The molecule has 1 unspecified atom stereocenters. The van der Waals surface area contributed by atoms with Crippen LogP contribution in [0.3, 0.4) is 0 Å². The van der Waals surface area contributed by atoms with Crippen molar-refractivity contribution >= 4 is 34.5 Å². The summed E-state index contributed by atoms with van der Waals surface area (Å²) in [6.07, 6.45) is 5.54. The molecule has 0 spiro atoms. The molecule has 0 heterocycles. The molecule has 0 bridgehead atoms. The van der Waals surface area contributed by atoms with Gasteiger partial charge in [-0.3, -0.25) is 9.59 Å². The smallest absolute Gasteiger partial charge is 0.306 e. The van der Waals surface area contributed by atoms with Crippen LogP contribution in [-0.4, -0.2) is 31.3 Å². The molecule has 6 heteroatoms. The van der Waals surface area contributed by atoms with Crippen molar-refractivity contribution in [1.29, 1.82) is 0 Å². The molecular weight excluding hydrogens is 675 g/mol.